The molecule has 0 radical (unpaired) electrons. The van der Waals surface area contributed by atoms with E-state index in [0.717, 1.165) is 55.7 Å². The zero-order valence-corrected chi connectivity index (χ0v) is 18.1. The van der Waals surface area contributed by atoms with Gasteiger partial charge in [-0.3, -0.25) is 0 Å². The molecule has 0 aliphatic carbocycles. The Balaban J connectivity index is 1.22. The third-order valence-electron chi connectivity index (χ3n) is 6.13. The van der Waals surface area contributed by atoms with E-state index in [9.17, 15) is 9.90 Å². The first-order chi connectivity index (χ1) is 15.1. The van der Waals surface area contributed by atoms with E-state index in [2.05, 4.69) is 39.6 Å². The number of aryl methyl sites for hydroxylation is 1. The maximum Gasteiger partial charge on any atom is 0.319 e. The van der Waals surface area contributed by atoms with E-state index in [1.807, 2.05) is 41.1 Å². The molecule has 1 saturated heterocycles. The van der Waals surface area contributed by atoms with Crippen molar-refractivity contribution in [1.29, 1.82) is 0 Å². The lowest BCUT2D eigenvalue weighted by Gasteiger charge is -2.38. The maximum absolute atomic E-state index is 12.4. The van der Waals surface area contributed by atoms with E-state index in [-0.39, 0.29) is 6.03 Å². The van der Waals surface area contributed by atoms with Gasteiger partial charge in [-0.2, -0.15) is 0 Å². The summed E-state index contributed by atoms with van der Waals surface area (Å²) in [6, 6.07) is 13.8. The third kappa shape index (κ3) is 5.24. The molecule has 0 saturated carbocycles. The highest BCUT2D eigenvalue weighted by molar-refractivity contribution is 5.99. The fourth-order valence-electron chi connectivity index (χ4n) is 4.29. The van der Waals surface area contributed by atoms with Crippen LogP contribution in [0.25, 0.3) is 11.0 Å². The lowest BCUT2D eigenvalue weighted by Crippen LogP contribution is -2.47. The van der Waals surface area contributed by atoms with E-state index in [1.54, 1.807) is 6.20 Å². The molecule has 7 heteroatoms. The molecule has 0 spiro atoms. The second kappa shape index (κ2) is 9.49. The summed E-state index contributed by atoms with van der Waals surface area (Å²) in [6.07, 6.45) is 5.89. The van der Waals surface area contributed by atoms with Gasteiger partial charge in [-0.15, -0.1) is 0 Å². The number of pyridine rings is 1. The molecule has 1 aromatic carbocycles. The number of amides is 2. The van der Waals surface area contributed by atoms with Gasteiger partial charge < -0.3 is 25.2 Å². The quantitative estimate of drug-likeness (QED) is 0.547. The molecule has 2 aromatic heterocycles. The Bertz CT molecular complexity index is 1010. The largest absolute Gasteiger partial charge is 0.389 e. The molecule has 0 bridgehead atoms. The number of carbonyl (C=O) groups excluding carboxylic acids is 1. The number of benzene rings is 1. The Morgan fingerprint density at radius 3 is 2.68 bits per heavy atom. The van der Waals surface area contributed by atoms with Gasteiger partial charge in [0.05, 0.1) is 11.3 Å². The zero-order valence-electron chi connectivity index (χ0n) is 18.1. The van der Waals surface area contributed by atoms with E-state index in [0.29, 0.717) is 13.0 Å². The van der Waals surface area contributed by atoms with Gasteiger partial charge in [0.2, 0.25) is 0 Å². The van der Waals surface area contributed by atoms with Crippen molar-refractivity contribution >= 4 is 22.8 Å². The molecule has 3 aromatic rings. The first kappa shape index (κ1) is 21.3. The summed E-state index contributed by atoms with van der Waals surface area (Å²) >= 11 is 0. The Morgan fingerprint density at radius 2 is 1.94 bits per heavy atom. The van der Waals surface area contributed by atoms with E-state index in [4.69, 9.17) is 0 Å². The summed E-state index contributed by atoms with van der Waals surface area (Å²) in [5.41, 5.74) is 2.18. The number of carbonyl (C=O) groups is 1. The van der Waals surface area contributed by atoms with Crippen LogP contribution < -0.4 is 10.6 Å². The Morgan fingerprint density at radius 1 is 1.16 bits per heavy atom. The summed E-state index contributed by atoms with van der Waals surface area (Å²) in [5.74, 6) is 0. The van der Waals surface area contributed by atoms with Crippen molar-refractivity contribution in [3.05, 3.63) is 60.4 Å². The average molecular weight is 422 g/mol. The molecule has 4 rings (SSSR count). The number of aromatic nitrogens is 2. The second-order valence-electron chi connectivity index (χ2n) is 8.31. The predicted molar refractivity (Wildman–Crippen MR) is 123 cm³/mol. The topological polar surface area (TPSA) is 82.4 Å². The lowest BCUT2D eigenvalue weighted by molar-refractivity contribution is -0.0201. The van der Waals surface area contributed by atoms with Gasteiger partial charge >= 0.3 is 6.03 Å². The molecule has 164 valence electrons. The fourth-order valence-corrected chi connectivity index (χ4v) is 4.29. The highest BCUT2D eigenvalue weighted by Gasteiger charge is 2.32. The van der Waals surface area contributed by atoms with Gasteiger partial charge in [0.25, 0.3) is 0 Å². The van der Waals surface area contributed by atoms with Crippen molar-refractivity contribution in [1.82, 2.24) is 19.8 Å². The number of likely N-dealkylation sites (tertiary alicyclic amines) is 1. The lowest BCUT2D eigenvalue weighted by atomic mass is 9.85. The summed E-state index contributed by atoms with van der Waals surface area (Å²) in [7, 11) is 0. The SMILES string of the molecule is CCn1ccc2c(NC(=O)NCCN3CCC(O)(Cc4ccccc4)CC3)ccnc21. The van der Waals surface area contributed by atoms with E-state index in [1.165, 1.54) is 5.56 Å². The molecular weight excluding hydrogens is 390 g/mol. The van der Waals surface area contributed by atoms with Crippen LogP contribution in [0.1, 0.15) is 25.3 Å². The Labute approximate surface area is 183 Å². The highest BCUT2D eigenvalue weighted by Crippen LogP contribution is 2.26. The summed E-state index contributed by atoms with van der Waals surface area (Å²) in [4.78, 5) is 19.1. The number of urea groups is 1. The molecule has 1 fully saturated rings. The number of nitrogens with one attached hydrogen (secondary N) is 2. The number of anilines is 1. The fraction of sp³-hybridized carbons (Fsp3) is 0.417. The van der Waals surface area contributed by atoms with Crippen LogP contribution in [0.2, 0.25) is 0 Å². The molecule has 1 aliphatic rings. The number of fused-ring (bicyclic) bond motifs is 1. The summed E-state index contributed by atoms with van der Waals surface area (Å²) < 4.78 is 2.05. The van der Waals surface area contributed by atoms with Gasteiger partial charge in [-0.05, 0) is 37.5 Å². The normalized spacial score (nSPS) is 16.3. The molecule has 3 heterocycles. The molecule has 3 N–H and O–H groups in total. The van der Waals surface area contributed by atoms with Crippen LogP contribution in [-0.4, -0.2) is 57.4 Å². The molecule has 0 unspecified atom stereocenters. The average Bonchev–Trinajstić information content (AvgIpc) is 3.20. The molecule has 31 heavy (non-hydrogen) atoms. The summed E-state index contributed by atoms with van der Waals surface area (Å²) in [6.45, 7) is 5.91. The Hall–Kier alpha value is -2.90. The van der Waals surface area contributed by atoms with Crippen molar-refractivity contribution in [2.24, 2.45) is 0 Å². The number of rotatable bonds is 7. The minimum atomic E-state index is -0.635. The monoisotopic (exact) mass is 421 g/mol. The Kier molecular flexibility index (Phi) is 6.53. The van der Waals surface area contributed by atoms with Crippen LogP contribution in [0.15, 0.2) is 54.9 Å². The van der Waals surface area contributed by atoms with Crippen LogP contribution in [0, 0.1) is 0 Å². The smallest absolute Gasteiger partial charge is 0.319 e. The molecule has 0 atom stereocenters. The van der Waals surface area contributed by atoms with Gasteiger partial charge in [-0.25, -0.2) is 9.78 Å². The van der Waals surface area contributed by atoms with Crippen LogP contribution in [-0.2, 0) is 13.0 Å². The van der Waals surface area contributed by atoms with Gasteiger partial charge in [0.15, 0.2) is 0 Å². The first-order valence-electron chi connectivity index (χ1n) is 11.0. The van der Waals surface area contributed by atoms with Gasteiger partial charge in [0, 0.05) is 56.9 Å². The van der Waals surface area contributed by atoms with E-state index < -0.39 is 5.60 Å². The van der Waals surface area contributed by atoms with Crippen LogP contribution in [0.3, 0.4) is 0 Å². The number of aliphatic hydroxyl groups is 1. The van der Waals surface area contributed by atoms with Crippen LogP contribution >= 0.6 is 0 Å². The number of hydrogen-bond acceptors (Lipinski definition) is 4. The van der Waals surface area contributed by atoms with Crippen molar-refractivity contribution in [2.45, 2.75) is 38.3 Å². The second-order valence-corrected chi connectivity index (χ2v) is 8.31. The number of hydrogen-bond donors (Lipinski definition) is 3. The molecular formula is C24H31N5O2. The van der Waals surface area contributed by atoms with Crippen molar-refractivity contribution in [2.75, 3.05) is 31.5 Å². The number of nitrogens with zero attached hydrogens (tertiary/aromatic N) is 3. The van der Waals surface area contributed by atoms with Crippen molar-refractivity contribution < 1.29 is 9.90 Å². The maximum atomic E-state index is 12.4. The zero-order chi connectivity index (χ0) is 21.7. The third-order valence-corrected chi connectivity index (χ3v) is 6.13. The van der Waals surface area contributed by atoms with Crippen molar-refractivity contribution in [3.63, 3.8) is 0 Å². The minimum absolute atomic E-state index is 0.214. The molecule has 7 nitrogen and oxygen atoms in total. The van der Waals surface area contributed by atoms with Gasteiger partial charge in [0.1, 0.15) is 5.65 Å². The molecule has 1 aliphatic heterocycles. The molecule has 2 amide bonds. The minimum Gasteiger partial charge on any atom is -0.389 e. The van der Waals surface area contributed by atoms with Crippen LogP contribution in [0.5, 0.6) is 0 Å². The first-order valence-corrected chi connectivity index (χ1v) is 11.0. The van der Waals surface area contributed by atoms with Crippen LogP contribution in [0.4, 0.5) is 10.5 Å². The standard InChI is InChI=1S/C24H31N5O2/c1-2-29-14-9-20-21(8-12-25-22(20)29)27-23(30)26-13-17-28-15-10-24(31,11-16-28)18-19-6-4-3-5-7-19/h3-9,12,14,31H,2,10-11,13,15-18H2,1H3,(H2,25,26,27,30). The van der Waals surface area contributed by atoms with Gasteiger partial charge in [-0.1, -0.05) is 30.3 Å². The highest BCUT2D eigenvalue weighted by atomic mass is 16.3. The van der Waals surface area contributed by atoms with E-state index >= 15 is 0 Å². The number of piperidine rings is 1. The summed E-state index contributed by atoms with van der Waals surface area (Å²) in [5, 5.41) is 17.7. The predicted octanol–water partition coefficient (Wildman–Crippen LogP) is 3.25. The van der Waals surface area contributed by atoms with Crippen molar-refractivity contribution in [3.8, 4) is 0 Å².